The maximum absolute atomic E-state index is 13.0. The van der Waals surface area contributed by atoms with Crippen LogP contribution in [0.1, 0.15) is 27.9 Å². The third-order valence-electron chi connectivity index (χ3n) is 5.80. The highest BCUT2D eigenvalue weighted by atomic mass is 16.4. The van der Waals surface area contributed by atoms with E-state index in [1.165, 1.54) is 0 Å². The maximum Gasteiger partial charge on any atom is 0.309 e. The molecule has 0 aromatic heterocycles. The number of hydrogen-bond donors (Lipinski definition) is 3. The third-order valence-corrected chi connectivity index (χ3v) is 5.80. The number of quaternary nitrogens is 1. The summed E-state index contributed by atoms with van der Waals surface area (Å²) in [5, 5.41) is 21.2. The molecule has 0 atom stereocenters. The molecule has 0 fully saturated rings. The van der Waals surface area contributed by atoms with E-state index in [0.717, 1.165) is 27.7 Å². The Bertz CT molecular complexity index is 1360. The lowest BCUT2D eigenvalue weighted by Gasteiger charge is -2.18. The molecule has 0 saturated carbocycles. The Morgan fingerprint density at radius 2 is 1.56 bits per heavy atom. The molecule has 0 aliphatic rings. The van der Waals surface area contributed by atoms with Crippen molar-refractivity contribution in [2.24, 2.45) is 0 Å². The van der Waals surface area contributed by atoms with Gasteiger partial charge in [-0.05, 0) is 47.2 Å². The van der Waals surface area contributed by atoms with Crippen molar-refractivity contribution in [1.82, 2.24) is 0 Å². The van der Waals surface area contributed by atoms with Crippen LogP contribution >= 0.6 is 0 Å². The predicted octanol–water partition coefficient (Wildman–Crippen LogP) is 4.35. The van der Waals surface area contributed by atoms with E-state index in [2.05, 4.69) is 0 Å². The van der Waals surface area contributed by atoms with E-state index < -0.39 is 5.97 Å². The number of carboxylic acids is 1. The van der Waals surface area contributed by atoms with E-state index >= 15 is 0 Å². The highest BCUT2D eigenvalue weighted by molar-refractivity contribution is 6.09. The summed E-state index contributed by atoms with van der Waals surface area (Å²) in [5.74, 6) is -1.09. The lowest BCUT2D eigenvalue weighted by Crippen LogP contribution is -2.76. The van der Waals surface area contributed by atoms with Gasteiger partial charge in [-0.2, -0.15) is 0 Å². The Morgan fingerprint density at radius 3 is 2.29 bits per heavy atom. The first-order valence-electron chi connectivity index (χ1n) is 11.0. The Balaban J connectivity index is 1.43. The summed E-state index contributed by atoms with van der Waals surface area (Å²) in [7, 11) is 1.77. The summed E-state index contributed by atoms with van der Waals surface area (Å²) in [5.41, 5.74) is 4.03. The number of nitrogens with two attached hydrogens (primary N) is 1. The summed E-state index contributed by atoms with van der Waals surface area (Å²) >= 11 is 0. The number of nitrogens with one attached hydrogen (secondary N) is 1. The van der Waals surface area contributed by atoms with Gasteiger partial charge in [-0.3, -0.25) is 9.59 Å². The van der Waals surface area contributed by atoms with Crippen molar-refractivity contribution in [3.8, 4) is 0 Å². The lowest BCUT2D eigenvalue weighted by atomic mass is 10.0. The van der Waals surface area contributed by atoms with Crippen LogP contribution in [0.2, 0.25) is 0 Å². The molecule has 170 valence electrons. The van der Waals surface area contributed by atoms with Crippen LogP contribution in [0.5, 0.6) is 0 Å². The van der Waals surface area contributed by atoms with E-state index in [1.54, 1.807) is 24.1 Å². The van der Waals surface area contributed by atoms with Crippen LogP contribution in [0, 0.1) is 5.41 Å². The fraction of sp³-hybridized carbons (Fsp3) is 0.107. The molecule has 0 aliphatic heterocycles. The summed E-state index contributed by atoms with van der Waals surface area (Å²) in [4.78, 5) is 25.6. The average Bonchev–Trinajstić information content (AvgIpc) is 2.86. The van der Waals surface area contributed by atoms with Gasteiger partial charge in [-0.1, -0.05) is 54.6 Å². The number of hydrogen-bond acceptors (Lipinski definition) is 3. The highest BCUT2D eigenvalue weighted by Crippen LogP contribution is 2.20. The maximum atomic E-state index is 13.0. The summed E-state index contributed by atoms with van der Waals surface area (Å²) in [6.45, 7) is 0.625. The number of carbonyl (C=O) groups excluding carboxylic acids is 1. The van der Waals surface area contributed by atoms with Gasteiger partial charge in [0.1, 0.15) is 12.2 Å². The number of benzene rings is 4. The summed E-state index contributed by atoms with van der Waals surface area (Å²) in [6.07, 6.45) is -0.308. The number of carbonyl (C=O) groups is 2. The van der Waals surface area contributed by atoms with Crippen molar-refractivity contribution in [1.29, 1.82) is 5.41 Å². The molecule has 4 N–H and O–H groups in total. The Hall–Kier alpha value is -4.29. The zero-order valence-corrected chi connectivity index (χ0v) is 18.9. The Morgan fingerprint density at radius 1 is 0.882 bits per heavy atom. The van der Waals surface area contributed by atoms with Crippen LogP contribution in [0.15, 0.2) is 91.0 Å². The second-order valence-corrected chi connectivity index (χ2v) is 8.14. The van der Waals surface area contributed by atoms with Crippen molar-refractivity contribution in [2.45, 2.75) is 13.0 Å². The fourth-order valence-electron chi connectivity index (χ4n) is 3.91. The smallest absolute Gasteiger partial charge is 0.309 e. The number of anilines is 1. The molecule has 34 heavy (non-hydrogen) atoms. The normalized spacial score (nSPS) is 10.7. The number of fused-ring (bicyclic) bond motifs is 1. The quantitative estimate of drug-likeness (QED) is 0.274. The van der Waals surface area contributed by atoms with Crippen LogP contribution in [0.3, 0.4) is 0 Å². The molecule has 0 aliphatic carbocycles. The fourth-order valence-corrected chi connectivity index (χ4v) is 3.91. The van der Waals surface area contributed by atoms with Crippen molar-refractivity contribution in [3.63, 3.8) is 0 Å². The first-order valence-corrected chi connectivity index (χ1v) is 11.0. The lowest BCUT2D eigenvalue weighted by molar-refractivity contribution is -0.588. The zero-order valence-electron chi connectivity index (χ0n) is 18.9. The predicted molar refractivity (Wildman–Crippen MR) is 134 cm³/mol. The first kappa shape index (κ1) is 22.9. The molecule has 0 unspecified atom stereocenters. The van der Waals surface area contributed by atoms with Gasteiger partial charge in [0.15, 0.2) is 0 Å². The molecular weight excluding hydrogens is 426 g/mol. The van der Waals surface area contributed by atoms with Crippen molar-refractivity contribution in [3.05, 3.63) is 108 Å². The van der Waals surface area contributed by atoms with E-state index in [0.29, 0.717) is 17.7 Å². The number of rotatable bonds is 8. The van der Waals surface area contributed by atoms with Gasteiger partial charge in [0.2, 0.25) is 0 Å². The minimum absolute atomic E-state index is 0.0732. The van der Waals surface area contributed by atoms with Gasteiger partial charge in [0, 0.05) is 23.9 Å². The third kappa shape index (κ3) is 5.19. The Kier molecular flexibility index (Phi) is 6.80. The SMILES string of the molecule is CN(C(=O)c1ccc2ccccc2c1)c1ccc(C[NH2+]c2ccccc2C(=N)CC(=O)O)cc1. The molecule has 4 rings (SSSR count). The van der Waals surface area contributed by atoms with Crippen LogP contribution in [0.25, 0.3) is 10.8 Å². The Labute approximate surface area is 198 Å². The minimum atomic E-state index is -1.02. The van der Waals surface area contributed by atoms with Gasteiger partial charge >= 0.3 is 5.97 Å². The van der Waals surface area contributed by atoms with E-state index in [1.807, 2.05) is 84.2 Å². The van der Waals surface area contributed by atoms with Crippen molar-refractivity contribution >= 4 is 39.7 Å². The molecule has 6 heteroatoms. The van der Waals surface area contributed by atoms with Gasteiger partial charge in [-0.15, -0.1) is 0 Å². The first-order chi connectivity index (χ1) is 16.4. The van der Waals surface area contributed by atoms with Gasteiger partial charge < -0.3 is 20.7 Å². The average molecular weight is 453 g/mol. The van der Waals surface area contributed by atoms with Crippen molar-refractivity contribution in [2.75, 3.05) is 11.9 Å². The second kappa shape index (κ2) is 10.1. The zero-order chi connectivity index (χ0) is 24.1. The largest absolute Gasteiger partial charge is 0.481 e. The molecule has 0 spiro atoms. The molecule has 0 heterocycles. The van der Waals surface area contributed by atoms with E-state index in [9.17, 15) is 9.59 Å². The monoisotopic (exact) mass is 452 g/mol. The van der Waals surface area contributed by atoms with E-state index in [4.69, 9.17) is 10.5 Å². The van der Waals surface area contributed by atoms with Gasteiger partial charge in [0.05, 0.1) is 17.7 Å². The van der Waals surface area contributed by atoms with Gasteiger partial charge in [0.25, 0.3) is 5.91 Å². The number of aliphatic carboxylic acids is 1. The second-order valence-electron chi connectivity index (χ2n) is 8.14. The topological polar surface area (TPSA) is 98.1 Å². The molecule has 4 aromatic rings. The number of amides is 1. The molecular formula is C28H26N3O3+. The van der Waals surface area contributed by atoms with E-state index in [-0.39, 0.29) is 18.0 Å². The minimum Gasteiger partial charge on any atom is -0.481 e. The molecule has 1 amide bonds. The van der Waals surface area contributed by atoms with Gasteiger partial charge in [-0.25, -0.2) is 0 Å². The molecule has 4 aromatic carbocycles. The van der Waals surface area contributed by atoms with Crippen LogP contribution < -0.4 is 10.2 Å². The standard InChI is InChI=1S/C28H25N3O3/c1-31(28(34)22-13-12-20-6-2-3-7-21(20)16-22)23-14-10-19(11-15-23)18-30-26-9-5-4-8-24(26)25(29)17-27(32)33/h2-16,29-30H,17-18H2,1H3,(H,32,33)/p+1. The van der Waals surface area contributed by atoms with Crippen LogP contribution in [-0.2, 0) is 11.3 Å². The van der Waals surface area contributed by atoms with Crippen LogP contribution in [-0.4, -0.2) is 29.7 Å². The highest BCUT2D eigenvalue weighted by Gasteiger charge is 2.15. The number of nitrogens with zero attached hydrogens (tertiary/aromatic N) is 1. The number of carboxylic acid groups (broad SMARTS) is 1. The number of para-hydroxylation sites is 1. The molecule has 0 radical (unpaired) electrons. The molecule has 0 saturated heterocycles. The summed E-state index contributed by atoms with van der Waals surface area (Å²) in [6, 6.07) is 28.8. The molecule has 0 bridgehead atoms. The van der Waals surface area contributed by atoms with Crippen molar-refractivity contribution < 1.29 is 20.0 Å². The van der Waals surface area contributed by atoms with Crippen LogP contribution in [0.4, 0.5) is 11.4 Å². The summed E-state index contributed by atoms with van der Waals surface area (Å²) < 4.78 is 0. The molecule has 6 nitrogen and oxygen atoms in total.